The Morgan fingerprint density at radius 3 is 2.24 bits per heavy atom. The van der Waals surface area contributed by atoms with Gasteiger partial charge in [0.1, 0.15) is 12.4 Å². The molecule has 0 aromatic heterocycles. The Balaban J connectivity index is 1.81. The van der Waals surface area contributed by atoms with Crippen LogP contribution in [0.2, 0.25) is 0 Å². The molecule has 1 aromatic carbocycles. The molecule has 0 heterocycles. The summed E-state index contributed by atoms with van der Waals surface area (Å²) >= 11 is 0. The zero-order chi connectivity index (χ0) is 15.2. The largest absolute Gasteiger partial charge is 0.492 e. The number of ether oxygens (including phenoxy) is 1. The summed E-state index contributed by atoms with van der Waals surface area (Å²) in [5.41, 5.74) is 1.21. The molecule has 118 valence electrons. The van der Waals surface area contributed by atoms with Crippen LogP contribution in [-0.4, -0.2) is 38.2 Å². The summed E-state index contributed by atoms with van der Waals surface area (Å²) in [5, 5.41) is 3.68. The molecule has 0 bridgehead atoms. The van der Waals surface area contributed by atoms with E-state index in [9.17, 15) is 0 Å². The zero-order valence-corrected chi connectivity index (χ0v) is 13.9. The number of nitrogens with zero attached hydrogens (tertiary/aromatic N) is 1. The average Bonchev–Trinajstić information content (AvgIpc) is 2.39. The van der Waals surface area contributed by atoms with Gasteiger partial charge >= 0.3 is 0 Å². The second-order valence-corrected chi connectivity index (χ2v) is 6.93. The molecule has 3 heteroatoms. The monoisotopic (exact) mass is 290 g/mol. The summed E-state index contributed by atoms with van der Waals surface area (Å²) in [4.78, 5) is 2.13. The molecule has 0 radical (unpaired) electrons. The van der Waals surface area contributed by atoms with Crippen molar-refractivity contribution in [1.29, 1.82) is 0 Å². The molecule has 21 heavy (non-hydrogen) atoms. The van der Waals surface area contributed by atoms with Crippen LogP contribution in [0.3, 0.4) is 0 Å². The first-order valence-electron chi connectivity index (χ1n) is 8.17. The molecule has 1 aliphatic rings. The molecular weight excluding hydrogens is 260 g/mol. The Morgan fingerprint density at radius 2 is 1.67 bits per heavy atom. The highest BCUT2D eigenvalue weighted by molar-refractivity contribution is 5.47. The van der Waals surface area contributed by atoms with Crippen molar-refractivity contribution in [3.63, 3.8) is 0 Å². The third kappa shape index (κ3) is 5.58. The summed E-state index contributed by atoms with van der Waals surface area (Å²) in [6, 6.07) is 9.01. The summed E-state index contributed by atoms with van der Waals surface area (Å²) in [5.74, 6) is 2.62. The van der Waals surface area contributed by atoms with Crippen molar-refractivity contribution >= 4 is 5.69 Å². The van der Waals surface area contributed by atoms with Crippen molar-refractivity contribution < 1.29 is 4.74 Å². The van der Waals surface area contributed by atoms with E-state index in [4.69, 9.17) is 4.74 Å². The Labute approximate surface area is 129 Å². The van der Waals surface area contributed by atoms with Gasteiger partial charge in [0.25, 0.3) is 0 Å². The third-order valence-electron chi connectivity index (χ3n) is 4.21. The Kier molecular flexibility index (Phi) is 5.92. The van der Waals surface area contributed by atoms with E-state index in [1.165, 1.54) is 24.9 Å². The second kappa shape index (κ2) is 7.69. The Hall–Kier alpha value is -1.22. The quantitative estimate of drug-likeness (QED) is 0.861. The van der Waals surface area contributed by atoms with Crippen LogP contribution in [0.25, 0.3) is 0 Å². The van der Waals surface area contributed by atoms with Gasteiger partial charge in [0, 0.05) is 18.3 Å². The molecule has 1 N–H and O–H groups in total. The first kappa shape index (κ1) is 16.2. The summed E-state index contributed by atoms with van der Waals surface area (Å²) < 4.78 is 5.73. The lowest BCUT2D eigenvalue weighted by atomic mass is 9.80. The Morgan fingerprint density at radius 1 is 1.05 bits per heavy atom. The minimum Gasteiger partial charge on any atom is -0.492 e. The van der Waals surface area contributed by atoms with E-state index < -0.39 is 0 Å². The van der Waals surface area contributed by atoms with Gasteiger partial charge in [0.05, 0.1) is 0 Å². The van der Waals surface area contributed by atoms with Gasteiger partial charge in [-0.05, 0) is 69.5 Å². The summed E-state index contributed by atoms with van der Waals surface area (Å²) in [6.45, 7) is 6.41. The maximum Gasteiger partial charge on any atom is 0.119 e. The maximum absolute atomic E-state index is 5.73. The second-order valence-electron chi connectivity index (χ2n) is 6.93. The van der Waals surface area contributed by atoms with Gasteiger partial charge < -0.3 is 15.0 Å². The molecule has 3 nitrogen and oxygen atoms in total. The molecule has 1 aromatic rings. The van der Waals surface area contributed by atoms with Gasteiger partial charge in [0.2, 0.25) is 0 Å². The van der Waals surface area contributed by atoms with Crippen LogP contribution in [0.4, 0.5) is 5.69 Å². The predicted octanol–water partition coefficient (Wildman–Crippen LogP) is 3.86. The highest BCUT2D eigenvalue weighted by Gasteiger charge is 2.23. The van der Waals surface area contributed by atoms with Crippen LogP contribution < -0.4 is 10.1 Å². The molecule has 2 unspecified atom stereocenters. The average molecular weight is 290 g/mol. The number of benzene rings is 1. The maximum atomic E-state index is 5.73. The molecule has 0 spiro atoms. The van der Waals surface area contributed by atoms with E-state index in [1.807, 2.05) is 0 Å². The molecule has 2 atom stereocenters. The first-order valence-corrected chi connectivity index (χ1v) is 8.17. The van der Waals surface area contributed by atoms with Crippen LogP contribution in [0.1, 0.15) is 33.1 Å². The molecule has 0 saturated heterocycles. The number of nitrogens with one attached hydrogen (secondary N) is 1. The lowest BCUT2D eigenvalue weighted by Gasteiger charge is -2.32. The van der Waals surface area contributed by atoms with E-state index in [-0.39, 0.29) is 0 Å². The van der Waals surface area contributed by atoms with Crippen LogP contribution in [0.15, 0.2) is 24.3 Å². The molecule has 1 saturated carbocycles. The van der Waals surface area contributed by atoms with Gasteiger partial charge in [-0.15, -0.1) is 0 Å². The van der Waals surface area contributed by atoms with Gasteiger partial charge in [0.15, 0.2) is 0 Å². The van der Waals surface area contributed by atoms with Crippen LogP contribution in [0, 0.1) is 11.8 Å². The van der Waals surface area contributed by atoms with Crippen molar-refractivity contribution in [1.82, 2.24) is 4.90 Å². The molecule has 0 aliphatic heterocycles. The minimum absolute atomic E-state index is 0.615. The lowest BCUT2D eigenvalue weighted by molar-refractivity contribution is 0.261. The Bertz CT molecular complexity index is 406. The van der Waals surface area contributed by atoms with Crippen molar-refractivity contribution in [2.45, 2.75) is 39.2 Å². The van der Waals surface area contributed by atoms with Gasteiger partial charge in [-0.1, -0.05) is 13.8 Å². The fraction of sp³-hybridized carbons (Fsp3) is 0.667. The topological polar surface area (TPSA) is 24.5 Å². The summed E-state index contributed by atoms with van der Waals surface area (Å²) in [7, 11) is 4.12. The van der Waals surface area contributed by atoms with E-state index in [2.05, 4.69) is 62.4 Å². The molecule has 0 amide bonds. The minimum atomic E-state index is 0.615. The normalized spacial score (nSPS) is 25.9. The smallest absolute Gasteiger partial charge is 0.119 e. The predicted molar refractivity (Wildman–Crippen MR) is 90.1 cm³/mol. The number of hydrogen-bond acceptors (Lipinski definition) is 3. The highest BCUT2D eigenvalue weighted by Crippen LogP contribution is 2.30. The highest BCUT2D eigenvalue weighted by atomic mass is 16.5. The lowest BCUT2D eigenvalue weighted by Crippen LogP contribution is -2.30. The van der Waals surface area contributed by atoms with E-state index >= 15 is 0 Å². The number of hydrogen-bond donors (Lipinski definition) is 1. The van der Waals surface area contributed by atoms with Crippen LogP contribution in [0.5, 0.6) is 5.75 Å². The van der Waals surface area contributed by atoms with E-state index in [0.717, 1.165) is 30.7 Å². The fourth-order valence-corrected chi connectivity index (χ4v) is 3.29. The van der Waals surface area contributed by atoms with Crippen molar-refractivity contribution in [2.24, 2.45) is 11.8 Å². The molecule has 1 fully saturated rings. The number of rotatable bonds is 6. The first-order chi connectivity index (χ1) is 10.0. The third-order valence-corrected chi connectivity index (χ3v) is 4.21. The van der Waals surface area contributed by atoms with Gasteiger partial charge in [-0.3, -0.25) is 0 Å². The molecule has 2 rings (SSSR count). The molecule has 1 aliphatic carbocycles. The SMILES string of the molecule is CC1CC(C)CC(Nc2ccc(OCCN(C)C)cc2)C1. The zero-order valence-electron chi connectivity index (χ0n) is 13.9. The van der Waals surface area contributed by atoms with Crippen molar-refractivity contribution in [3.05, 3.63) is 24.3 Å². The van der Waals surface area contributed by atoms with Crippen LogP contribution in [-0.2, 0) is 0 Å². The summed E-state index contributed by atoms with van der Waals surface area (Å²) in [6.07, 6.45) is 3.94. The number of likely N-dealkylation sites (N-methyl/N-ethyl adjacent to an activating group) is 1. The molecular formula is C18H30N2O. The fourth-order valence-electron chi connectivity index (χ4n) is 3.29. The standard InChI is InChI=1S/C18H30N2O/c1-14-11-15(2)13-17(12-14)19-16-5-7-18(8-6-16)21-10-9-20(3)4/h5-8,14-15,17,19H,9-13H2,1-4H3. The van der Waals surface area contributed by atoms with Gasteiger partial charge in [-0.2, -0.15) is 0 Å². The van der Waals surface area contributed by atoms with Crippen molar-refractivity contribution in [2.75, 3.05) is 32.6 Å². The van der Waals surface area contributed by atoms with E-state index in [0.29, 0.717) is 6.04 Å². The van der Waals surface area contributed by atoms with Gasteiger partial charge in [-0.25, -0.2) is 0 Å². The number of anilines is 1. The van der Waals surface area contributed by atoms with E-state index in [1.54, 1.807) is 0 Å². The van der Waals surface area contributed by atoms with Crippen LogP contribution >= 0.6 is 0 Å². The van der Waals surface area contributed by atoms with Crippen molar-refractivity contribution in [3.8, 4) is 5.75 Å².